The molecule has 1 aliphatic rings. The molecular formula is C20H13ClN2O3. The van der Waals surface area contributed by atoms with Gasteiger partial charge in [0, 0.05) is 39.5 Å². The molecule has 0 radical (unpaired) electrons. The van der Waals surface area contributed by atoms with Gasteiger partial charge in [-0.2, -0.15) is 0 Å². The van der Waals surface area contributed by atoms with Crippen LogP contribution >= 0.6 is 11.6 Å². The topological polar surface area (TPSA) is 66.5 Å². The quantitative estimate of drug-likeness (QED) is 0.691. The SMILES string of the molecule is CC(=O)Nc1ccc(N2C(=O)c3cccc4c(Cl)ccc(c34)C2=O)cc1. The summed E-state index contributed by atoms with van der Waals surface area (Å²) in [4.78, 5) is 38.2. The van der Waals surface area contributed by atoms with Crippen molar-refractivity contribution in [1.29, 1.82) is 0 Å². The van der Waals surface area contributed by atoms with E-state index < -0.39 is 11.8 Å². The number of carbonyl (C=O) groups is 3. The Morgan fingerprint density at radius 2 is 1.58 bits per heavy atom. The van der Waals surface area contributed by atoms with Gasteiger partial charge in [-0.1, -0.05) is 23.7 Å². The Morgan fingerprint density at radius 1 is 0.923 bits per heavy atom. The highest BCUT2D eigenvalue weighted by Crippen LogP contribution is 2.36. The third kappa shape index (κ3) is 2.45. The molecule has 3 aromatic rings. The first-order valence-electron chi connectivity index (χ1n) is 7.95. The van der Waals surface area contributed by atoms with Crippen molar-refractivity contribution < 1.29 is 14.4 Å². The highest BCUT2D eigenvalue weighted by Gasteiger charge is 2.34. The molecule has 26 heavy (non-hydrogen) atoms. The van der Waals surface area contributed by atoms with Crippen LogP contribution in [0.25, 0.3) is 10.8 Å². The first-order chi connectivity index (χ1) is 12.5. The van der Waals surface area contributed by atoms with Gasteiger partial charge in [0.2, 0.25) is 5.91 Å². The monoisotopic (exact) mass is 364 g/mol. The van der Waals surface area contributed by atoms with Crippen molar-refractivity contribution in [3.63, 3.8) is 0 Å². The van der Waals surface area contributed by atoms with Crippen LogP contribution in [0.2, 0.25) is 5.02 Å². The molecule has 1 aliphatic heterocycles. The van der Waals surface area contributed by atoms with Crippen molar-refractivity contribution in [2.75, 3.05) is 10.2 Å². The zero-order valence-corrected chi connectivity index (χ0v) is 14.5. The van der Waals surface area contributed by atoms with E-state index in [4.69, 9.17) is 11.6 Å². The van der Waals surface area contributed by atoms with Gasteiger partial charge in [0.25, 0.3) is 11.8 Å². The second kappa shape index (κ2) is 5.97. The van der Waals surface area contributed by atoms with Crippen LogP contribution in [-0.4, -0.2) is 17.7 Å². The Bertz CT molecular complexity index is 1070. The van der Waals surface area contributed by atoms with E-state index in [-0.39, 0.29) is 5.91 Å². The lowest BCUT2D eigenvalue weighted by Crippen LogP contribution is -2.40. The largest absolute Gasteiger partial charge is 0.326 e. The summed E-state index contributed by atoms with van der Waals surface area (Å²) in [6.07, 6.45) is 0. The molecule has 1 heterocycles. The van der Waals surface area contributed by atoms with Gasteiger partial charge in [-0.25, -0.2) is 4.90 Å². The number of amides is 3. The maximum absolute atomic E-state index is 13.0. The Labute approximate surface area is 154 Å². The summed E-state index contributed by atoms with van der Waals surface area (Å²) < 4.78 is 0. The van der Waals surface area contributed by atoms with Gasteiger partial charge in [-0.05, 0) is 42.5 Å². The summed E-state index contributed by atoms with van der Waals surface area (Å²) in [5.74, 6) is -0.995. The first-order valence-corrected chi connectivity index (χ1v) is 8.33. The minimum atomic E-state index is -0.400. The molecule has 4 rings (SSSR count). The molecule has 0 aromatic heterocycles. The number of hydrogen-bond donors (Lipinski definition) is 1. The summed E-state index contributed by atoms with van der Waals surface area (Å²) in [7, 11) is 0. The Hall–Kier alpha value is -3.18. The lowest BCUT2D eigenvalue weighted by Gasteiger charge is -2.27. The number of carbonyl (C=O) groups excluding carboxylic acids is 3. The molecular weight excluding hydrogens is 352 g/mol. The molecule has 0 fully saturated rings. The Balaban J connectivity index is 1.83. The van der Waals surface area contributed by atoms with Gasteiger partial charge in [-0.3, -0.25) is 14.4 Å². The minimum absolute atomic E-state index is 0.194. The van der Waals surface area contributed by atoms with Crippen LogP contribution in [0.1, 0.15) is 27.6 Å². The van der Waals surface area contributed by atoms with Gasteiger partial charge >= 0.3 is 0 Å². The summed E-state index contributed by atoms with van der Waals surface area (Å²) in [6.45, 7) is 1.41. The van der Waals surface area contributed by atoms with Crippen molar-refractivity contribution in [3.05, 3.63) is 70.7 Å². The number of nitrogens with zero attached hydrogens (tertiary/aromatic N) is 1. The van der Waals surface area contributed by atoms with E-state index in [0.29, 0.717) is 38.3 Å². The van der Waals surface area contributed by atoms with Crippen LogP contribution in [0.5, 0.6) is 0 Å². The highest BCUT2D eigenvalue weighted by molar-refractivity contribution is 6.40. The number of nitrogens with one attached hydrogen (secondary N) is 1. The van der Waals surface area contributed by atoms with E-state index in [2.05, 4.69) is 5.32 Å². The number of benzene rings is 3. The molecule has 0 saturated heterocycles. The molecule has 1 N–H and O–H groups in total. The molecule has 3 amide bonds. The fourth-order valence-electron chi connectivity index (χ4n) is 3.19. The minimum Gasteiger partial charge on any atom is -0.326 e. The number of rotatable bonds is 2. The molecule has 0 atom stereocenters. The van der Waals surface area contributed by atoms with E-state index in [9.17, 15) is 14.4 Å². The third-order valence-electron chi connectivity index (χ3n) is 4.30. The maximum atomic E-state index is 13.0. The van der Waals surface area contributed by atoms with Gasteiger partial charge in [-0.15, -0.1) is 0 Å². The van der Waals surface area contributed by atoms with Gasteiger partial charge in [0.15, 0.2) is 0 Å². The van der Waals surface area contributed by atoms with Crippen molar-refractivity contribution >= 4 is 51.5 Å². The van der Waals surface area contributed by atoms with Crippen LogP contribution in [0.4, 0.5) is 11.4 Å². The highest BCUT2D eigenvalue weighted by atomic mass is 35.5. The Kier molecular flexibility index (Phi) is 3.74. The smallest absolute Gasteiger partial charge is 0.265 e. The van der Waals surface area contributed by atoms with Crippen molar-refractivity contribution in [1.82, 2.24) is 0 Å². The van der Waals surface area contributed by atoms with Crippen LogP contribution in [-0.2, 0) is 4.79 Å². The fraction of sp³-hybridized carbons (Fsp3) is 0.0500. The molecule has 0 aliphatic carbocycles. The first kappa shape index (κ1) is 16.3. The predicted octanol–water partition coefficient (Wildman–Crippen LogP) is 4.25. The molecule has 0 bridgehead atoms. The van der Waals surface area contributed by atoms with Gasteiger partial charge < -0.3 is 5.32 Å². The van der Waals surface area contributed by atoms with E-state index >= 15 is 0 Å². The standard InChI is InChI=1S/C20H13ClN2O3/c1-11(24)22-12-5-7-13(8-6-12)23-19(25)15-4-2-3-14-17(21)10-9-16(18(14)15)20(23)26/h2-10H,1H3,(H,22,24). The van der Waals surface area contributed by atoms with Gasteiger partial charge in [0.05, 0.1) is 5.69 Å². The molecule has 0 saturated carbocycles. The summed E-state index contributed by atoms with van der Waals surface area (Å²) in [5.41, 5.74) is 1.90. The fourth-order valence-corrected chi connectivity index (χ4v) is 3.41. The molecule has 128 valence electrons. The van der Waals surface area contributed by atoms with E-state index in [1.165, 1.54) is 6.92 Å². The van der Waals surface area contributed by atoms with Crippen LogP contribution in [0, 0.1) is 0 Å². The summed E-state index contributed by atoms with van der Waals surface area (Å²) >= 11 is 6.22. The third-order valence-corrected chi connectivity index (χ3v) is 4.63. The Morgan fingerprint density at radius 3 is 2.23 bits per heavy atom. The number of imide groups is 1. The molecule has 3 aromatic carbocycles. The maximum Gasteiger partial charge on any atom is 0.265 e. The number of anilines is 2. The lowest BCUT2D eigenvalue weighted by atomic mass is 9.93. The lowest BCUT2D eigenvalue weighted by molar-refractivity contribution is -0.114. The average molecular weight is 365 g/mol. The second-order valence-electron chi connectivity index (χ2n) is 6.00. The zero-order valence-electron chi connectivity index (χ0n) is 13.7. The van der Waals surface area contributed by atoms with E-state index in [0.717, 1.165) is 4.90 Å². The average Bonchev–Trinajstić information content (AvgIpc) is 2.62. The number of hydrogen-bond acceptors (Lipinski definition) is 3. The molecule has 6 heteroatoms. The van der Waals surface area contributed by atoms with Crippen LogP contribution in [0.3, 0.4) is 0 Å². The number of halogens is 1. The van der Waals surface area contributed by atoms with Gasteiger partial charge in [0.1, 0.15) is 0 Å². The van der Waals surface area contributed by atoms with E-state index in [1.54, 1.807) is 54.6 Å². The van der Waals surface area contributed by atoms with Crippen molar-refractivity contribution in [2.24, 2.45) is 0 Å². The summed E-state index contributed by atoms with van der Waals surface area (Å²) in [6, 6.07) is 15.1. The second-order valence-corrected chi connectivity index (χ2v) is 6.40. The molecule has 5 nitrogen and oxygen atoms in total. The molecule has 0 spiro atoms. The van der Waals surface area contributed by atoms with Crippen LogP contribution < -0.4 is 10.2 Å². The molecule has 0 unspecified atom stereocenters. The van der Waals surface area contributed by atoms with Crippen molar-refractivity contribution in [3.8, 4) is 0 Å². The van der Waals surface area contributed by atoms with Crippen molar-refractivity contribution in [2.45, 2.75) is 6.92 Å². The van der Waals surface area contributed by atoms with E-state index in [1.807, 2.05) is 0 Å². The zero-order chi connectivity index (χ0) is 18.4. The normalized spacial score (nSPS) is 13.2. The predicted molar refractivity (Wildman–Crippen MR) is 101 cm³/mol. The summed E-state index contributed by atoms with van der Waals surface area (Å²) in [5, 5.41) is 4.42. The van der Waals surface area contributed by atoms with Crippen LogP contribution in [0.15, 0.2) is 54.6 Å².